The molecule has 0 amide bonds. The van der Waals surface area contributed by atoms with Crippen LogP contribution in [-0.4, -0.2) is 25.7 Å². The van der Waals surface area contributed by atoms with Crippen LogP contribution >= 0.6 is 22.6 Å². The van der Waals surface area contributed by atoms with E-state index in [4.69, 9.17) is 0 Å². The molecule has 0 aromatic carbocycles. The van der Waals surface area contributed by atoms with Crippen LogP contribution in [0.2, 0.25) is 0 Å². The van der Waals surface area contributed by atoms with Gasteiger partial charge in [0, 0.05) is 3.42 Å². The molecule has 3 unspecified atom stereocenters. The zero-order valence-corrected chi connectivity index (χ0v) is 23.8. The van der Waals surface area contributed by atoms with Crippen LogP contribution in [0.15, 0.2) is 11.6 Å². The van der Waals surface area contributed by atoms with Gasteiger partial charge >= 0.3 is 5.97 Å². The van der Waals surface area contributed by atoms with Gasteiger partial charge in [-0.15, -0.1) is 0 Å². The molecular weight excluding hydrogens is 523 g/mol. The molecule has 4 heteroatoms. The second kappa shape index (κ2) is 7.23. The van der Waals surface area contributed by atoms with Crippen LogP contribution in [0.3, 0.4) is 0 Å². The fourth-order valence-corrected chi connectivity index (χ4v) is 11.6. The lowest BCUT2D eigenvalue weighted by molar-refractivity contribution is -0.182. The number of aliphatic hydroxyl groups is 1. The van der Waals surface area contributed by atoms with Crippen LogP contribution in [0.25, 0.3) is 0 Å². The maximum atomic E-state index is 12.8. The molecule has 4 fully saturated rings. The predicted molar refractivity (Wildman–Crippen MR) is 141 cm³/mol. The average molecular weight is 569 g/mol. The smallest absolute Gasteiger partial charge is 0.310 e. The van der Waals surface area contributed by atoms with Crippen LogP contribution in [-0.2, 0) is 4.79 Å². The monoisotopic (exact) mass is 568 g/mol. The average Bonchev–Trinajstić information content (AvgIpc) is 2.71. The van der Waals surface area contributed by atoms with Crippen LogP contribution < -0.4 is 0 Å². The number of halogens is 1. The minimum Gasteiger partial charge on any atom is -0.481 e. The number of hydrogen-bond acceptors (Lipinski definition) is 2. The number of carboxylic acid groups (broad SMARTS) is 1. The molecule has 0 heterocycles. The van der Waals surface area contributed by atoms with Crippen LogP contribution in [0.5, 0.6) is 0 Å². The number of hydrogen-bond donors (Lipinski definition) is 2. The van der Waals surface area contributed by atoms with Crippen LogP contribution in [0, 0.1) is 44.8 Å². The number of fused-ring (bicyclic) bond motifs is 7. The molecule has 0 aromatic heterocycles. The second-order valence-electron chi connectivity index (χ2n) is 14.4. The molecule has 0 saturated heterocycles. The summed E-state index contributed by atoms with van der Waals surface area (Å²) in [6.45, 7) is 14.6. The maximum Gasteiger partial charge on any atom is 0.310 e. The molecule has 9 atom stereocenters. The van der Waals surface area contributed by atoms with E-state index in [9.17, 15) is 15.0 Å². The summed E-state index contributed by atoms with van der Waals surface area (Å²) >= 11 is 2.58. The summed E-state index contributed by atoms with van der Waals surface area (Å²) in [6.07, 6.45) is 12.6. The Bertz CT molecular complexity index is 891. The minimum atomic E-state index is -0.555. The Balaban J connectivity index is 1.60. The number of alkyl halides is 1. The summed E-state index contributed by atoms with van der Waals surface area (Å²) in [5.41, 5.74) is 1.69. The molecule has 5 rings (SSSR count). The summed E-state index contributed by atoms with van der Waals surface area (Å²) in [7, 11) is 0. The lowest BCUT2D eigenvalue weighted by Gasteiger charge is -2.70. The molecule has 186 valence electrons. The Morgan fingerprint density at radius 1 is 0.939 bits per heavy atom. The maximum absolute atomic E-state index is 12.8. The van der Waals surface area contributed by atoms with Gasteiger partial charge in [-0.2, -0.15) is 0 Å². The van der Waals surface area contributed by atoms with E-state index in [1.165, 1.54) is 18.4 Å². The molecule has 0 radical (unpaired) electrons. The Hall–Kier alpha value is -0.100. The van der Waals surface area contributed by atoms with Crippen molar-refractivity contribution in [3.63, 3.8) is 0 Å². The van der Waals surface area contributed by atoms with Gasteiger partial charge in [0.25, 0.3) is 0 Å². The van der Waals surface area contributed by atoms with E-state index >= 15 is 0 Å². The van der Waals surface area contributed by atoms with E-state index in [2.05, 4.69) is 70.2 Å². The zero-order chi connectivity index (χ0) is 24.2. The fraction of sp³-hybridized carbons (Fsp3) is 0.897. The number of allylic oxidation sites excluding steroid dienone is 2. The number of carboxylic acids is 1. The van der Waals surface area contributed by atoms with Gasteiger partial charge in [0.05, 0.1) is 11.5 Å². The molecule has 0 bridgehead atoms. The Morgan fingerprint density at radius 3 is 2.27 bits per heavy atom. The number of carbonyl (C=O) groups is 1. The highest BCUT2D eigenvalue weighted by Crippen LogP contribution is 2.75. The van der Waals surface area contributed by atoms with Gasteiger partial charge in [0.2, 0.25) is 0 Å². The Kier molecular flexibility index (Phi) is 5.39. The van der Waals surface area contributed by atoms with Gasteiger partial charge in [-0.3, -0.25) is 4.79 Å². The Morgan fingerprint density at radius 2 is 1.61 bits per heavy atom. The standard InChI is InChI=1S/C29H45IO3/c1-24(2)13-15-29(23(32)33)16-14-26(4)18(19(29)17-24)7-8-20-25(3)11-10-22(31)28(6,30)21(25)9-12-27(20,26)5/h7,19-22,31H,8-17H2,1-6H3,(H,32,33)/t19-,20+,21?,22?,25?,26+,27+,28-,29-/m0/s1. The van der Waals surface area contributed by atoms with Crippen molar-refractivity contribution in [3.05, 3.63) is 11.6 Å². The third-order valence-electron chi connectivity index (χ3n) is 12.6. The third-order valence-corrected chi connectivity index (χ3v) is 14.1. The number of aliphatic hydroxyl groups excluding tert-OH is 1. The molecule has 0 aliphatic heterocycles. The summed E-state index contributed by atoms with van der Waals surface area (Å²) in [5.74, 6) is 0.786. The van der Waals surface area contributed by atoms with E-state index in [1.54, 1.807) is 0 Å². The molecule has 0 aromatic rings. The van der Waals surface area contributed by atoms with E-state index in [1.807, 2.05) is 0 Å². The van der Waals surface area contributed by atoms with Gasteiger partial charge in [-0.05, 0) is 111 Å². The van der Waals surface area contributed by atoms with Crippen molar-refractivity contribution >= 4 is 28.6 Å². The topological polar surface area (TPSA) is 57.5 Å². The lowest BCUT2D eigenvalue weighted by atomic mass is 9.34. The largest absolute Gasteiger partial charge is 0.481 e. The molecule has 5 aliphatic carbocycles. The highest BCUT2D eigenvalue weighted by Gasteiger charge is 2.69. The summed E-state index contributed by atoms with van der Waals surface area (Å²) in [5, 5.41) is 21.4. The third kappa shape index (κ3) is 3.04. The van der Waals surface area contributed by atoms with Crippen molar-refractivity contribution in [1.29, 1.82) is 0 Å². The van der Waals surface area contributed by atoms with Crippen LogP contribution in [0.1, 0.15) is 106 Å². The minimum absolute atomic E-state index is 0.0601. The van der Waals surface area contributed by atoms with Crippen molar-refractivity contribution < 1.29 is 15.0 Å². The summed E-state index contributed by atoms with van der Waals surface area (Å²) in [4.78, 5) is 12.8. The fourth-order valence-electron chi connectivity index (χ4n) is 10.2. The van der Waals surface area contributed by atoms with Crippen molar-refractivity contribution in [1.82, 2.24) is 0 Å². The SMILES string of the molecule is CC1(C)CC[C@]2(C(=O)O)CC[C@]3(C)C(=CC[C@@H]4C5(C)CCC(O)[C@@](C)(I)C5CC[C@]43C)[C@@H]2C1. The molecule has 33 heavy (non-hydrogen) atoms. The van der Waals surface area contributed by atoms with Crippen LogP contribution in [0.4, 0.5) is 0 Å². The number of aliphatic carboxylic acids is 1. The molecule has 4 saturated carbocycles. The van der Waals surface area contributed by atoms with Crippen molar-refractivity contribution in [2.45, 2.75) is 115 Å². The highest BCUT2D eigenvalue weighted by atomic mass is 127. The van der Waals surface area contributed by atoms with E-state index < -0.39 is 11.4 Å². The first-order valence-electron chi connectivity index (χ1n) is 13.5. The molecule has 2 N–H and O–H groups in total. The van der Waals surface area contributed by atoms with Gasteiger partial charge in [0.1, 0.15) is 0 Å². The highest BCUT2D eigenvalue weighted by molar-refractivity contribution is 14.1. The zero-order valence-electron chi connectivity index (χ0n) is 21.6. The van der Waals surface area contributed by atoms with E-state index in [0.717, 1.165) is 51.4 Å². The first-order chi connectivity index (χ1) is 15.1. The van der Waals surface area contributed by atoms with Gasteiger partial charge in [-0.1, -0.05) is 68.9 Å². The molecular formula is C29H45IO3. The van der Waals surface area contributed by atoms with Gasteiger partial charge < -0.3 is 10.2 Å². The van der Waals surface area contributed by atoms with Crippen molar-refractivity contribution in [2.24, 2.45) is 44.8 Å². The second-order valence-corrected chi connectivity index (χ2v) is 16.7. The van der Waals surface area contributed by atoms with Gasteiger partial charge in [0.15, 0.2) is 0 Å². The van der Waals surface area contributed by atoms with Crippen molar-refractivity contribution in [2.75, 3.05) is 0 Å². The lowest BCUT2D eigenvalue weighted by Crippen LogP contribution is -2.65. The summed E-state index contributed by atoms with van der Waals surface area (Å²) < 4.78 is -0.0601. The van der Waals surface area contributed by atoms with E-state index in [-0.39, 0.29) is 37.1 Å². The normalized spacial score (nSPS) is 55.3. The Labute approximate surface area is 214 Å². The first-order valence-corrected chi connectivity index (χ1v) is 14.5. The molecule has 3 nitrogen and oxygen atoms in total. The molecule has 0 spiro atoms. The van der Waals surface area contributed by atoms with E-state index in [0.29, 0.717) is 11.8 Å². The van der Waals surface area contributed by atoms with Crippen molar-refractivity contribution in [3.8, 4) is 0 Å². The van der Waals surface area contributed by atoms with Gasteiger partial charge in [-0.25, -0.2) is 0 Å². The number of rotatable bonds is 1. The molecule has 5 aliphatic rings. The predicted octanol–water partition coefficient (Wildman–Crippen LogP) is 7.40. The quantitative estimate of drug-likeness (QED) is 0.197. The first kappa shape index (κ1) is 24.6. The summed E-state index contributed by atoms with van der Waals surface area (Å²) in [6, 6.07) is 0.